The Labute approximate surface area is 155 Å². The number of benzene rings is 2. The van der Waals surface area contributed by atoms with Crippen molar-refractivity contribution in [1.82, 2.24) is 4.98 Å². The van der Waals surface area contributed by atoms with Crippen LogP contribution in [0.1, 0.15) is 17.9 Å². The van der Waals surface area contributed by atoms with Gasteiger partial charge in [0.1, 0.15) is 5.52 Å². The minimum Gasteiger partial charge on any atom is -0.550 e. The summed E-state index contributed by atoms with van der Waals surface area (Å²) in [5.74, 6) is 0.262. The molecule has 0 aliphatic heterocycles. The second-order valence-electron chi connectivity index (χ2n) is 5.63. The van der Waals surface area contributed by atoms with Crippen LogP contribution in [-0.4, -0.2) is 32.3 Å². The molecule has 0 saturated heterocycles. The number of carbonyl (C=O) groups excluding carboxylic acids is 1. The summed E-state index contributed by atoms with van der Waals surface area (Å²) in [4.78, 5) is 15.6. The van der Waals surface area contributed by atoms with E-state index in [9.17, 15) is 9.90 Å². The van der Waals surface area contributed by atoms with Gasteiger partial charge >= 0.3 is 0 Å². The molecule has 3 rings (SSSR count). The number of hydrogen-bond donors (Lipinski definition) is 0. The summed E-state index contributed by atoms with van der Waals surface area (Å²) in [5, 5.41) is 11.3. The van der Waals surface area contributed by atoms with Gasteiger partial charge in [0.05, 0.1) is 21.3 Å². The fourth-order valence-corrected chi connectivity index (χ4v) is 2.78. The topological polar surface area (TPSA) is 93.9 Å². The lowest BCUT2D eigenvalue weighted by Crippen LogP contribution is -2.22. The van der Waals surface area contributed by atoms with Gasteiger partial charge in [-0.15, -0.1) is 0 Å². The maximum absolute atomic E-state index is 11.3. The number of rotatable bonds is 7. The zero-order valence-corrected chi connectivity index (χ0v) is 15.1. The molecule has 1 aromatic heterocycles. The van der Waals surface area contributed by atoms with E-state index in [4.69, 9.17) is 18.6 Å². The molecule has 2 aromatic carbocycles. The molecule has 7 nitrogen and oxygen atoms in total. The van der Waals surface area contributed by atoms with Gasteiger partial charge in [0.15, 0.2) is 17.1 Å². The van der Waals surface area contributed by atoms with Crippen LogP contribution in [0.25, 0.3) is 22.7 Å². The van der Waals surface area contributed by atoms with Crippen LogP contribution in [0.3, 0.4) is 0 Å². The predicted octanol–water partition coefficient (Wildman–Crippen LogP) is 2.53. The number of aromatic nitrogens is 1. The van der Waals surface area contributed by atoms with Crippen molar-refractivity contribution in [2.45, 2.75) is 6.42 Å². The number of para-hydroxylation sites is 2. The summed E-state index contributed by atoms with van der Waals surface area (Å²) in [5.41, 5.74) is 2.14. The van der Waals surface area contributed by atoms with Gasteiger partial charge in [-0.2, -0.15) is 0 Å². The first-order valence-corrected chi connectivity index (χ1v) is 8.12. The van der Waals surface area contributed by atoms with Crippen molar-refractivity contribution >= 4 is 28.7 Å². The van der Waals surface area contributed by atoms with Gasteiger partial charge in [-0.25, -0.2) is 4.98 Å². The van der Waals surface area contributed by atoms with E-state index in [-0.39, 0.29) is 12.3 Å². The lowest BCUT2D eigenvalue weighted by atomic mass is 10.1. The fraction of sp³-hybridized carbons (Fsp3) is 0.200. The number of nitrogens with zero attached hydrogens (tertiary/aromatic N) is 1. The van der Waals surface area contributed by atoms with Gasteiger partial charge in [-0.05, 0) is 30.3 Å². The van der Waals surface area contributed by atoms with Crippen molar-refractivity contribution in [3.63, 3.8) is 0 Å². The first-order chi connectivity index (χ1) is 13.1. The fourth-order valence-electron chi connectivity index (χ4n) is 2.78. The molecule has 27 heavy (non-hydrogen) atoms. The monoisotopic (exact) mass is 368 g/mol. The normalized spacial score (nSPS) is 11.4. The second kappa shape index (κ2) is 7.82. The Kier molecular flexibility index (Phi) is 5.30. The summed E-state index contributed by atoms with van der Waals surface area (Å²) in [7, 11) is 4.51. The zero-order chi connectivity index (χ0) is 19.4. The Morgan fingerprint density at radius 1 is 1.07 bits per heavy atom. The molecule has 0 bridgehead atoms. The first kappa shape index (κ1) is 18.3. The van der Waals surface area contributed by atoms with E-state index in [0.717, 1.165) is 0 Å². The molecule has 0 spiro atoms. The van der Waals surface area contributed by atoms with Crippen LogP contribution in [0, 0.1) is 0 Å². The largest absolute Gasteiger partial charge is 0.550 e. The van der Waals surface area contributed by atoms with Gasteiger partial charge in [-0.1, -0.05) is 12.1 Å². The third kappa shape index (κ3) is 3.72. The van der Waals surface area contributed by atoms with Crippen LogP contribution in [0.5, 0.6) is 17.2 Å². The van der Waals surface area contributed by atoms with Gasteiger partial charge in [0.25, 0.3) is 0 Å². The van der Waals surface area contributed by atoms with Crippen molar-refractivity contribution in [1.29, 1.82) is 0 Å². The highest BCUT2D eigenvalue weighted by Gasteiger charge is 2.17. The number of ether oxygens (including phenoxy) is 3. The molecule has 0 radical (unpaired) electrons. The highest BCUT2D eigenvalue weighted by Crippen LogP contribution is 2.41. The summed E-state index contributed by atoms with van der Waals surface area (Å²) in [6.45, 7) is 0. The van der Waals surface area contributed by atoms with Gasteiger partial charge in [0.2, 0.25) is 11.6 Å². The Morgan fingerprint density at radius 3 is 2.44 bits per heavy atom. The van der Waals surface area contributed by atoms with Crippen molar-refractivity contribution in [3.05, 3.63) is 47.9 Å². The average molecular weight is 368 g/mol. The highest BCUT2D eigenvalue weighted by atomic mass is 16.5. The number of methoxy groups -OCH3 is 3. The van der Waals surface area contributed by atoms with Crippen LogP contribution in [0.4, 0.5) is 0 Å². The molecule has 3 aromatic rings. The van der Waals surface area contributed by atoms with Crippen LogP contribution in [0.15, 0.2) is 40.8 Å². The number of carbonyl (C=O) groups is 1. The molecule has 0 unspecified atom stereocenters. The quantitative estimate of drug-likeness (QED) is 0.632. The smallest absolute Gasteiger partial charge is 0.223 e. The number of oxazole rings is 1. The van der Waals surface area contributed by atoms with E-state index < -0.39 is 5.97 Å². The Hall–Kier alpha value is -3.48. The zero-order valence-electron chi connectivity index (χ0n) is 15.1. The first-order valence-electron chi connectivity index (χ1n) is 8.12. The Bertz CT molecular complexity index is 972. The average Bonchev–Trinajstić information content (AvgIpc) is 3.10. The molecular formula is C20H18NO6-. The summed E-state index contributed by atoms with van der Waals surface area (Å²) < 4.78 is 21.8. The van der Waals surface area contributed by atoms with Crippen molar-refractivity contribution in [3.8, 4) is 17.2 Å². The predicted molar refractivity (Wildman–Crippen MR) is 97.6 cm³/mol. The molecule has 140 valence electrons. The number of fused-ring (bicyclic) bond motifs is 1. The Balaban J connectivity index is 2.15. The summed E-state index contributed by atoms with van der Waals surface area (Å²) in [6.07, 6.45) is 1.26. The highest BCUT2D eigenvalue weighted by molar-refractivity contribution is 5.91. The summed E-state index contributed by atoms with van der Waals surface area (Å²) >= 11 is 0. The minimum atomic E-state index is -1.25. The van der Waals surface area contributed by atoms with Gasteiger partial charge in [-0.3, -0.25) is 0 Å². The van der Waals surface area contributed by atoms with Gasteiger partial charge in [0, 0.05) is 23.5 Å². The van der Waals surface area contributed by atoms with Crippen molar-refractivity contribution in [2.24, 2.45) is 0 Å². The third-order valence-corrected chi connectivity index (χ3v) is 3.97. The molecule has 0 fully saturated rings. The number of aliphatic carboxylic acids is 1. The molecule has 1 heterocycles. The molecule has 0 atom stereocenters. The number of hydrogen-bond acceptors (Lipinski definition) is 7. The molecule has 0 amide bonds. The molecule has 0 N–H and O–H groups in total. The molecular weight excluding hydrogens is 350 g/mol. The SMILES string of the molecule is COc1ccc(/C=C(\CC(=O)[O-])c2nc3ccccc3o2)c(OC)c1OC. The second-order valence-corrected chi connectivity index (χ2v) is 5.63. The minimum absolute atomic E-state index is 0.206. The van der Waals surface area contributed by atoms with Crippen LogP contribution in [-0.2, 0) is 4.79 Å². The molecule has 7 heteroatoms. The lowest BCUT2D eigenvalue weighted by Gasteiger charge is -2.15. The molecule has 0 aliphatic carbocycles. The van der Waals surface area contributed by atoms with E-state index in [0.29, 0.717) is 39.5 Å². The standard InChI is InChI=1S/C20H19NO6/c1-24-16-9-8-12(18(25-2)19(16)26-3)10-13(11-17(22)23)20-21-14-6-4-5-7-15(14)27-20/h4-10H,11H2,1-3H3,(H,22,23)/p-1/b13-10+. The maximum Gasteiger partial charge on any atom is 0.223 e. The Morgan fingerprint density at radius 2 is 1.81 bits per heavy atom. The van der Waals surface area contributed by atoms with Crippen molar-refractivity contribution < 1.29 is 28.5 Å². The van der Waals surface area contributed by atoms with E-state index >= 15 is 0 Å². The van der Waals surface area contributed by atoms with Crippen LogP contribution < -0.4 is 19.3 Å². The number of carboxylic acid groups (broad SMARTS) is 1. The van der Waals surface area contributed by atoms with E-state index in [2.05, 4.69) is 4.98 Å². The third-order valence-electron chi connectivity index (χ3n) is 3.97. The summed E-state index contributed by atoms with van der Waals surface area (Å²) in [6, 6.07) is 10.6. The van der Waals surface area contributed by atoms with Crippen molar-refractivity contribution in [2.75, 3.05) is 21.3 Å². The lowest BCUT2D eigenvalue weighted by molar-refractivity contribution is -0.304. The van der Waals surface area contributed by atoms with E-state index in [1.165, 1.54) is 21.3 Å². The molecule has 0 saturated carbocycles. The maximum atomic E-state index is 11.3. The van der Waals surface area contributed by atoms with Crippen LogP contribution >= 0.6 is 0 Å². The van der Waals surface area contributed by atoms with E-state index in [1.54, 1.807) is 30.3 Å². The molecule has 0 aliphatic rings. The van der Waals surface area contributed by atoms with E-state index in [1.807, 2.05) is 12.1 Å². The van der Waals surface area contributed by atoms with Crippen LogP contribution in [0.2, 0.25) is 0 Å². The van der Waals surface area contributed by atoms with Gasteiger partial charge < -0.3 is 28.5 Å². The number of carboxylic acids is 1.